The number of fused-ring (bicyclic) bond motifs is 1. The molecule has 96 valence electrons. The first-order valence-electron chi connectivity index (χ1n) is 6.99. The lowest BCUT2D eigenvalue weighted by molar-refractivity contribution is 0.615. The van der Waals surface area contributed by atoms with Gasteiger partial charge in [0.1, 0.15) is 0 Å². The summed E-state index contributed by atoms with van der Waals surface area (Å²) in [4.78, 5) is 0. The minimum Gasteiger partial charge on any atom is -0.344 e. The van der Waals surface area contributed by atoms with Crippen LogP contribution in [-0.2, 0) is 6.54 Å². The lowest BCUT2D eigenvalue weighted by atomic mass is 10.1. The average Bonchev–Trinajstić information content (AvgIpc) is 3.08. The van der Waals surface area contributed by atoms with Crippen LogP contribution in [0, 0.1) is 6.92 Å². The highest BCUT2D eigenvalue weighted by Gasteiger charge is 2.21. The second kappa shape index (κ2) is 4.43. The zero-order valence-corrected chi connectivity index (χ0v) is 11.5. The molecule has 0 amide bonds. The number of nitrogens with one attached hydrogen (secondary N) is 1. The first-order chi connectivity index (χ1) is 8.66. The van der Waals surface area contributed by atoms with Crippen molar-refractivity contribution < 1.29 is 0 Å². The van der Waals surface area contributed by atoms with Crippen LogP contribution in [0.15, 0.2) is 24.4 Å². The fourth-order valence-corrected chi connectivity index (χ4v) is 2.65. The Morgan fingerprint density at radius 1 is 1.33 bits per heavy atom. The predicted molar refractivity (Wildman–Crippen MR) is 76.9 cm³/mol. The van der Waals surface area contributed by atoms with Crippen LogP contribution in [0.1, 0.15) is 43.9 Å². The summed E-state index contributed by atoms with van der Waals surface area (Å²) in [5.41, 5.74) is 4.22. The second-order valence-electron chi connectivity index (χ2n) is 5.78. The first kappa shape index (κ1) is 11.8. The molecule has 1 saturated carbocycles. The third kappa shape index (κ3) is 2.05. The van der Waals surface area contributed by atoms with Crippen molar-refractivity contribution in [1.29, 1.82) is 0 Å². The molecule has 2 aromatic rings. The van der Waals surface area contributed by atoms with Crippen molar-refractivity contribution in [2.75, 3.05) is 0 Å². The molecule has 0 bridgehead atoms. The minimum atomic E-state index is 0.517. The van der Waals surface area contributed by atoms with E-state index in [0.717, 1.165) is 12.6 Å². The summed E-state index contributed by atoms with van der Waals surface area (Å²) in [6, 6.07) is 7.92. The third-order valence-corrected chi connectivity index (χ3v) is 3.85. The Hall–Kier alpha value is -1.28. The van der Waals surface area contributed by atoms with Gasteiger partial charge in [-0.3, -0.25) is 0 Å². The highest BCUT2D eigenvalue weighted by Crippen LogP contribution is 2.28. The molecule has 2 heteroatoms. The number of para-hydroxylation sites is 1. The molecule has 0 aliphatic heterocycles. The molecule has 0 unspecified atom stereocenters. The van der Waals surface area contributed by atoms with E-state index in [2.05, 4.69) is 55.1 Å². The molecule has 1 fully saturated rings. The van der Waals surface area contributed by atoms with Gasteiger partial charge in [-0.15, -0.1) is 0 Å². The van der Waals surface area contributed by atoms with Gasteiger partial charge in [0.15, 0.2) is 0 Å². The van der Waals surface area contributed by atoms with E-state index in [-0.39, 0.29) is 0 Å². The molecule has 18 heavy (non-hydrogen) atoms. The Morgan fingerprint density at radius 3 is 2.78 bits per heavy atom. The van der Waals surface area contributed by atoms with Crippen LogP contribution in [0.3, 0.4) is 0 Å². The molecule has 1 N–H and O–H groups in total. The normalized spacial score (nSPS) is 15.8. The Labute approximate surface area is 109 Å². The topological polar surface area (TPSA) is 17.0 Å². The molecular weight excluding hydrogens is 220 g/mol. The smallest absolute Gasteiger partial charge is 0.0515 e. The van der Waals surface area contributed by atoms with E-state index >= 15 is 0 Å². The van der Waals surface area contributed by atoms with E-state index in [9.17, 15) is 0 Å². The maximum atomic E-state index is 3.62. The van der Waals surface area contributed by atoms with Gasteiger partial charge in [0.25, 0.3) is 0 Å². The highest BCUT2D eigenvalue weighted by atomic mass is 15.0. The summed E-state index contributed by atoms with van der Waals surface area (Å²) in [7, 11) is 0. The van der Waals surface area contributed by atoms with Gasteiger partial charge in [-0.2, -0.15) is 0 Å². The van der Waals surface area contributed by atoms with Crippen LogP contribution in [0.2, 0.25) is 0 Å². The largest absolute Gasteiger partial charge is 0.344 e. The summed E-state index contributed by atoms with van der Waals surface area (Å²) in [6.07, 6.45) is 5.03. The molecule has 0 saturated heterocycles. The number of hydrogen-bond acceptors (Lipinski definition) is 1. The van der Waals surface area contributed by atoms with Gasteiger partial charge in [-0.1, -0.05) is 18.2 Å². The number of hydrogen-bond donors (Lipinski definition) is 1. The van der Waals surface area contributed by atoms with E-state index in [1.165, 1.54) is 34.9 Å². The zero-order valence-electron chi connectivity index (χ0n) is 11.5. The SMILES string of the molecule is Cc1cccc2c(CNC3CC3)cn(C(C)C)c12. The summed E-state index contributed by atoms with van der Waals surface area (Å²) >= 11 is 0. The summed E-state index contributed by atoms with van der Waals surface area (Å²) < 4.78 is 2.41. The molecule has 1 aliphatic rings. The fourth-order valence-electron chi connectivity index (χ4n) is 2.65. The maximum Gasteiger partial charge on any atom is 0.0515 e. The Bertz CT molecular complexity index is 562. The number of rotatable bonds is 4. The van der Waals surface area contributed by atoms with E-state index in [4.69, 9.17) is 0 Å². The van der Waals surface area contributed by atoms with Gasteiger partial charge in [-0.05, 0) is 44.7 Å². The van der Waals surface area contributed by atoms with E-state index in [0.29, 0.717) is 6.04 Å². The lowest BCUT2D eigenvalue weighted by Gasteiger charge is -2.10. The van der Waals surface area contributed by atoms with E-state index < -0.39 is 0 Å². The van der Waals surface area contributed by atoms with Crippen molar-refractivity contribution in [1.82, 2.24) is 9.88 Å². The van der Waals surface area contributed by atoms with Crippen LogP contribution in [0.25, 0.3) is 10.9 Å². The monoisotopic (exact) mass is 242 g/mol. The number of nitrogens with zero attached hydrogens (tertiary/aromatic N) is 1. The quantitative estimate of drug-likeness (QED) is 0.863. The number of aryl methyl sites for hydroxylation is 1. The van der Waals surface area contributed by atoms with Crippen LogP contribution in [0.5, 0.6) is 0 Å². The van der Waals surface area contributed by atoms with Gasteiger partial charge >= 0.3 is 0 Å². The van der Waals surface area contributed by atoms with Crippen molar-refractivity contribution in [2.45, 2.75) is 52.2 Å². The second-order valence-corrected chi connectivity index (χ2v) is 5.78. The Kier molecular flexibility index (Phi) is 2.90. The fraction of sp³-hybridized carbons (Fsp3) is 0.500. The molecule has 0 radical (unpaired) electrons. The van der Waals surface area contributed by atoms with Crippen molar-refractivity contribution >= 4 is 10.9 Å². The van der Waals surface area contributed by atoms with Crippen LogP contribution >= 0.6 is 0 Å². The lowest BCUT2D eigenvalue weighted by Crippen LogP contribution is -2.14. The minimum absolute atomic E-state index is 0.517. The standard InChI is InChI=1S/C16H22N2/c1-11(2)18-10-13(9-17-14-7-8-14)15-6-4-5-12(3)16(15)18/h4-6,10-11,14,17H,7-9H2,1-3H3. The molecule has 1 aromatic carbocycles. The summed E-state index contributed by atoms with van der Waals surface area (Å²) in [6.45, 7) is 7.72. The highest BCUT2D eigenvalue weighted by molar-refractivity contribution is 5.86. The van der Waals surface area contributed by atoms with Crippen LogP contribution in [0.4, 0.5) is 0 Å². The van der Waals surface area contributed by atoms with Crippen LogP contribution < -0.4 is 5.32 Å². The van der Waals surface area contributed by atoms with Crippen molar-refractivity contribution in [3.63, 3.8) is 0 Å². The Balaban J connectivity index is 2.04. The predicted octanol–water partition coefficient (Wildman–Crippen LogP) is 3.78. The Morgan fingerprint density at radius 2 is 2.11 bits per heavy atom. The molecule has 2 nitrogen and oxygen atoms in total. The maximum absolute atomic E-state index is 3.62. The molecule has 0 spiro atoms. The third-order valence-electron chi connectivity index (χ3n) is 3.85. The molecule has 3 rings (SSSR count). The van der Waals surface area contributed by atoms with Crippen molar-refractivity contribution in [2.24, 2.45) is 0 Å². The molecule has 1 aromatic heterocycles. The molecule has 1 heterocycles. The number of aromatic nitrogens is 1. The van der Waals surface area contributed by atoms with Gasteiger partial charge in [0.2, 0.25) is 0 Å². The van der Waals surface area contributed by atoms with Crippen molar-refractivity contribution in [3.05, 3.63) is 35.5 Å². The molecule has 1 aliphatic carbocycles. The van der Waals surface area contributed by atoms with E-state index in [1.807, 2.05) is 0 Å². The van der Waals surface area contributed by atoms with Gasteiger partial charge in [0, 0.05) is 30.2 Å². The molecular formula is C16H22N2. The first-order valence-corrected chi connectivity index (χ1v) is 6.99. The van der Waals surface area contributed by atoms with Crippen molar-refractivity contribution in [3.8, 4) is 0 Å². The molecule has 0 atom stereocenters. The summed E-state index contributed by atoms with van der Waals surface area (Å²) in [5, 5.41) is 5.04. The zero-order chi connectivity index (χ0) is 12.7. The van der Waals surface area contributed by atoms with Gasteiger partial charge in [-0.25, -0.2) is 0 Å². The van der Waals surface area contributed by atoms with Crippen LogP contribution in [-0.4, -0.2) is 10.6 Å². The number of benzene rings is 1. The van der Waals surface area contributed by atoms with Gasteiger partial charge in [0.05, 0.1) is 5.52 Å². The summed E-state index contributed by atoms with van der Waals surface area (Å²) in [5.74, 6) is 0. The van der Waals surface area contributed by atoms with E-state index in [1.54, 1.807) is 0 Å². The average molecular weight is 242 g/mol. The van der Waals surface area contributed by atoms with Gasteiger partial charge < -0.3 is 9.88 Å².